The van der Waals surface area contributed by atoms with E-state index in [0.717, 1.165) is 18.5 Å². The number of amides is 1. The van der Waals surface area contributed by atoms with E-state index in [1.54, 1.807) is 0 Å². The number of carbonyl (C=O) groups is 1. The van der Waals surface area contributed by atoms with E-state index < -0.39 is 6.10 Å². The Morgan fingerprint density at radius 3 is 2.48 bits per heavy atom. The molecule has 21 heavy (non-hydrogen) atoms. The summed E-state index contributed by atoms with van der Waals surface area (Å²) < 4.78 is 0. The Morgan fingerprint density at radius 1 is 1.24 bits per heavy atom. The predicted octanol–water partition coefficient (Wildman–Crippen LogP) is 3.31. The maximum absolute atomic E-state index is 12.4. The minimum atomic E-state index is -0.441. The summed E-state index contributed by atoms with van der Waals surface area (Å²) in [4.78, 5) is 14.4. The van der Waals surface area contributed by atoms with E-state index in [0.29, 0.717) is 6.54 Å². The Morgan fingerprint density at radius 2 is 1.90 bits per heavy atom. The largest absolute Gasteiger partial charge is 0.388 e. The molecule has 1 atom stereocenters. The monoisotopic (exact) mass is 289 g/mol. The predicted molar refractivity (Wildman–Crippen MR) is 84.8 cm³/mol. The van der Waals surface area contributed by atoms with Crippen molar-refractivity contribution < 1.29 is 9.90 Å². The molecule has 1 aliphatic heterocycles. The molecular weight excluding hydrogens is 262 g/mol. The number of aliphatic hydroxyl groups excluding tert-OH is 1. The van der Waals surface area contributed by atoms with Crippen LogP contribution in [-0.2, 0) is 17.8 Å². The van der Waals surface area contributed by atoms with Gasteiger partial charge in [-0.05, 0) is 29.0 Å². The number of nitrogens with zero attached hydrogens (tertiary/aromatic N) is 1. The normalized spacial score (nSPS) is 16.8. The van der Waals surface area contributed by atoms with Crippen molar-refractivity contribution in [3.05, 3.63) is 34.9 Å². The quantitative estimate of drug-likeness (QED) is 0.907. The second-order valence-electron chi connectivity index (χ2n) is 7.44. The standard InChI is InChI=1S/C18H27NO2/c1-12(2)16(20)14-7-6-13-8-9-19(11-15(13)10-14)17(21)18(3,4)5/h6-7,10,12,16,20H,8-9,11H2,1-5H3. The fourth-order valence-electron chi connectivity index (χ4n) is 2.79. The first kappa shape index (κ1) is 16.0. The average Bonchev–Trinajstić information content (AvgIpc) is 2.43. The molecule has 0 radical (unpaired) electrons. The van der Waals surface area contributed by atoms with Crippen molar-refractivity contribution in [3.63, 3.8) is 0 Å². The number of rotatable bonds is 2. The number of hydrogen-bond donors (Lipinski definition) is 1. The summed E-state index contributed by atoms with van der Waals surface area (Å²) >= 11 is 0. The molecule has 0 bridgehead atoms. The van der Waals surface area contributed by atoms with Crippen molar-refractivity contribution in [2.75, 3.05) is 6.54 Å². The summed E-state index contributed by atoms with van der Waals surface area (Å²) in [5, 5.41) is 10.2. The maximum Gasteiger partial charge on any atom is 0.228 e. The third-order valence-electron chi connectivity index (χ3n) is 4.14. The van der Waals surface area contributed by atoms with E-state index >= 15 is 0 Å². The summed E-state index contributed by atoms with van der Waals surface area (Å²) in [6.45, 7) is 11.4. The highest BCUT2D eigenvalue weighted by molar-refractivity contribution is 5.81. The highest BCUT2D eigenvalue weighted by Crippen LogP contribution is 2.28. The molecule has 116 valence electrons. The van der Waals surface area contributed by atoms with E-state index in [2.05, 4.69) is 12.1 Å². The number of aliphatic hydroxyl groups is 1. The van der Waals surface area contributed by atoms with Gasteiger partial charge in [0.1, 0.15) is 0 Å². The summed E-state index contributed by atoms with van der Waals surface area (Å²) in [7, 11) is 0. The van der Waals surface area contributed by atoms with Gasteiger partial charge in [0.15, 0.2) is 0 Å². The Balaban J connectivity index is 2.23. The molecule has 1 aliphatic rings. The van der Waals surface area contributed by atoms with Crippen LogP contribution in [0.1, 0.15) is 57.4 Å². The highest BCUT2D eigenvalue weighted by atomic mass is 16.3. The van der Waals surface area contributed by atoms with Gasteiger partial charge in [0.2, 0.25) is 5.91 Å². The molecule has 1 N–H and O–H groups in total. The molecule has 2 rings (SSSR count). The topological polar surface area (TPSA) is 40.5 Å². The van der Waals surface area contributed by atoms with Crippen LogP contribution in [0.2, 0.25) is 0 Å². The van der Waals surface area contributed by atoms with Crippen molar-refractivity contribution in [1.29, 1.82) is 0 Å². The second-order valence-corrected chi connectivity index (χ2v) is 7.44. The van der Waals surface area contributed by atoms with Crippen molar-refractivity contribution in [2.45, 2.75) is 53.7 Å². The summed E-state index contributed by atoms with van der Waals surface area (Å²) in [5.41, 5.74) is 3.09. The minimum Gasteiger partial charge on any atom is -0.388 e. The van der Waals surface area contributed by atoms with Crippen LogP contribution in [0.4, 0.5) is 0 Å². The lowest BCUT2D eigenvalue weighted by atomic mass is 9.90. The lowest BCUT2D eigenvalue weighted by molar-refractivity contribution is -0.140. The smallest absolute Gasteiger partial charge is 0.228 e. The van der Waals surface area contributed by atoms with Crippen molar-refractivity contribution in [2.24, 2.45) is 11.3 Å². The zero-order valence-corrected chi connectivity index (χ0v) is 13.8. The molecule has 0 aliphatic carbocycles. The van der Waals surface area contributed by atoms with Gasteiger partial charge in [0.25, 0.3) is 0 Å². The third-order valence-corrected chi connectivity index (χ3v) is 4.14. The Kier molecular flexibility index (Phi) is 4.43. The van der Waals surface area contributed by atoms with Gasteiger partial charge in [-0.1, -0.05) is 52.8 Å². The van der Waals surface area contributed by atoms with Gasteiger partial charge in [0, 0.05) is 18.5 Å². The zero-order chi connectivity index (χ0) is 15.8. The first-order valence-electron chi connectivity index (χ1n) is 7.79. The van der Waals surface area contributed by atoms with E-state index in [-0.39, 0.29) is 17.2 Å². The van der Waals surface area contributed by atoms with Gasteiger partial charge in [-0.3, -0.25) is 4.79 Å². The minimum absolute atomic E-state index is 0.193. The summed E-state index contributed by atoms with van der Waals surface area (Å²) in [5.74, 6) is 0.391. The van der Waals surface area contributed by atoms with Crippen molar-refractivity contribution in [1.82, 2.24) is 4.90 Å². The number of carbonyl (C=O) groups excluding carboxylic acids is 1. The zero-order valence-electron chi connectivity index (χ0n) is 13.8. The molecule has 1 unspecified atom stereocenters. The molecule has 0 fully saturated rings. The van der Waals surface area contributed by atoms with Crippen molar-refractivity contribution >= 4 is 5.91 Å². The van der Waals surface area contributed by atoms with E-state index in [4.69, 9.17) is 0 Å². The molecule has 3 heteroatoms. The molecule has 1 aromatic rings. The van der Waals surface area contributed by atoms with Crippen molar-refractivity contribution in [3.8, 4) is 0 Å². The molecule has 0 saturated carbocycles. The van der Waals surface area contributed by atoms with E-state index in [1.807, 2.05) is 45.6 Å². The molecule has 1 aromatic carbocycles. The van der Waals surface area contributed by atoms with Gasteiger partial charge in [-0.2, -0.15) is 0 Å². The van der Waals surface area contributed by atoms with Crippen LogP contribution >= 0.6 is 0 Å². The highest BCUT2D eigenvalue weighted by Gasteiger charge is 2.29. The van der Waals surface area contributed by atoms with Gasteiger partial charge in [-0.25, -0.2) is 0 Å². The molecule has 0 aromatic heterocycles. The van der Waals surface area contributed by atoms with E-state index in [1.165, 1.54) is 11.1 Å². The Bertz CT molecular complexity index is 529. The van der Waals surface area contributed by atoms with Crippen LogP contribution < -0.4 is 0 Å². The van der Waals surface area contributed by atoms with Gasteiger partial charge in [0.05, 0.1) is 6.10 Å². The van der Waals surface area contributed by atoms with Gasteiger partial charge < -0.3 is 10.0 Å². The fourth-order valence-corrected chi connectivity index (χ4v) is 2.79. The molecule has 0 saturated heterocycles. The summed E-state index contributed by atoms with van der Waals surface area (Å²) in [6, 6.07) is 6.20. The first-order valence-corrected chi connectivity index (χ1v) is 7.79. The van der Waals surface area contributed by atoms with E-state index in [9.17, 15) is 9.90 Å². The fraction of sp³-hybridized carbons (Fsp3) is 0.611. The van der Waals surface area contributed by atoms with Crippen LogP contribution in [-0.4, -0.2) is 22.5 Å². The number of fused-ring (bicyclic) bond motifs is 1. The van der Waals surface area contributed by atoms with Crippen LogP contribution in [0.5, 0.6) is 0 Å². The maximum atomic E-state index is 12.4. The van der Waals surface area contributed by atoms with Crippen LogP contribution in [0.3, 0.4) is 0 Å². The molecule has 3 nitrogen and oxygen atoms in total. The molecule has 1 amide bonds. The van der Waals surface area contributed by atoms with Gasteiger partial charge in [-0.15, -0.1) is 0 Å². The number of hydrogen-bond acceptors (Lipinski definition) is 2. The lowest BCUT2D eigenvalue weighted by Gasteiger charge is -2.34. The summed E-state index contributed by atoms with van der Waals surface area (Å²) in [6.07, 6.45) is 0.457. The van der Waals surface area contributed by atoms with Crippen LogP contribution in [0, 0.1) is 11.3 Å². The molecule has 1 heterocycles. The average molecular weight is 289 g/mol. The molecule has 0 spiro atoms. The second kappa shape index (κ2) is 5.80. The third kappa shape index (κ3) is 3.46. The number of benzene rings is 1. The Hall–Kier alpha value is -1.35. The Labute approximate surface area is 128 Å². The van der Waals surface area contributed by atoms with Crippen LogP contribution in [0.15, 0.2) is 18.2 Å². The first-order chi connectivity index (χ1) is 9.70. The van der Waals surface area contributed by atoms with Crippen LogP contribution in [0.25, 0.3) is 0 Å². The molecular formula is C18H27NO2. The van der Waals surface area contributed by atoms with Gasteiger partial charge >= 0.3 is 0 Å². The lowest BCUT2D eigenvalue weighted by Crippen LogP contribution is -2.42. The SMILES string of the molecule is CC(C)C(O)c1ccc2c(c1)CN(C(=O)C(C)(C)C)CC2.